The number of unbranched alkanes of at least 4 members (excludes halogenated alkanes) is 3. The van der Waals surface area contributed by atoms with Crippen LogP contribution in [0.15, 0.2) is 28.7 Å². The van der Waals surface area contributed by atoms with Crippen LogP contribution in [0.25, 0.3) is 0 Å². The molecule has 0 saturated carbocycles. The number of carbonyl (C=O) groups excluding carboxylic acids is 5. The smallest absolute Gasteiger partial charge is 0.329 e. The Labute approximate surface area is 308 Å². The lowest BCUT2D eigenvalue weighted by molar-refractivity contribution is -0.157. The number of hydrogen-bond donors (Lipinski definition) is 3. The zero-order valence-electron chi connectivity index (χ0n) is 31.6. The van der Waals surface area contributed by atoms with Crippen molar-refractivity contribution in [1.29, 1.82) is 0 Å². The van der Waals surface area contributed by atoms with Crippen LogP contribution in [0.2, 0.25) is 0 Å². The number of halogens is 1. The largest absolute Gasteiger partial charge is 0.460 e. The molecule has 0 fully saturated rings. The van der Waals surface area contributed by atoms with E-state index in [1.54, 1.807) is 48.7 Å². The second kappa shape index (κ2) is 25.8. The van der Waals surface area contributed by atoms with Crippen LogP contribution >= 0.6 is 15.9 Å². The highest BCUT2D eigenvalue weighted by Crippen LogP contribution is 2.16. The van der Waals surface area contributed by atoms with Crippen molar-refractivity contribution in [3.63, 3.8) is 0 Å². The summed E-state index contributed by atoms with van der Waals surface area (Å²) < 4.78 is 16.4. The standard InChI is InChI=1S/C33H53BrN4O7.C4H10O/c1-32(2,3)44-29(41)19-18-26(23-39)36-31(43)37-27(30(42)45-33(4,5)6)12-9-11-21-38(28(40)13-8-7-10-20-35)22-24-14-16-25(34)17-15-24;1-3-4-5-2/h14-17,23,26-27H,7-13,18-22,35H2,1-6H3,(H2,36,37,43);3-4H2,1-2H3. The van der Waals surface area contributed by atoms with Crippen LogP contribution in [0, 0.1) is 0 Å². The van der Waals surface area contributed by atoms with Crippen LogP contribution < -0.4 is 16.4 Å². The van der Waals surface area contributed by atoms with Crippen molar-refractivity contribution < 1.29 is 38.2 Å². The number of nitrogens with zero attached hydrogens (tertiary/aromatic N) is 1. The summed E-state index contributed by atoms with van der Waals surface area (Å²) in [4.78, 5) is 64.4. The second-order valence-electron chi connectivity index (χ2n) is 14.1. The normalized spacial score (nSPS) is 12.4. The summed E-state index contributed by atoms with van der Waals surface area (Å²) in [7, 11) is 1.71. The van der Waals surface area contributed by atoms with Gasteiger partial charge >= 0.3 is 18.0 Å². The Balaban J connectivity index is 0.00000445. The molecule has 0 spiro atoms. The number of ether oxygens (including phenoxy) is 3. The number of nitrogens with two attached hydrogens (primary N) is 1. The Morgan fingerprint density at radius 3 is 2.04 bits per heavy atom. The molecule has 1 rings (SSSR count). The minimum Gasteiger partial charge on any atom is -0.460 e. The van der Waals surface area contributed by atoms with Crippen LogP contribution in [0.1, 0.15) is 118 Å². The minimum absolute atomic E-state index is 0.0530. The van der Waals surface area contributed by atoms with E-state index in [0.717, 1.165) is 42.3 Å². The van der Waals surface area contributed by atoms with Crippen LogP contribution in [-0.4, -0.2) is 85.2 Å². The number of benzene rings is 1. The summed E-state index contributed by atoms with van der Waals surface area (Å²) in [5, 5.41) is 5.15. The number of urea groups is 1. The number of carbonyl (C=O) groups is 5. The molecule has 12 nitrogen and oxygen atoms in total. The molecular weight excluding hydrogens is 708 g/mol. The van der Waals surface area contributed by atoms with Crippen molar-refractivity contribution in [2.24, 2.45) is 5.73 Å². The Bertz CT molecular complexity index is 1130. The van der Waals surface area contributed by atoms with Crippen molar-refractivity contribution in [1.82, 2.24) is 15.5 Å². The first kappa shape index (κ1) is 47.0. The number of methoxy groups -OCH3 is 1. The third-order valence-electron chi connectivity index (χ3n) is 6.87. The van der Waals surface area contributed by atoms with E-state index in [1.807, 2.05) is 29.2 Å². The van der Waals surface area contributed by atoms with E-state index in [9.17, 15) is 24.0 Å². The third kappa shape index (κ3) is 25.0. The summed E-state index contributed by atoms with van der Waals surface area (Å²) in [6.07, 6.45) is 6.03. The summed E-state index contributed by atoms with van der Waals surface area (Å²) in [6, 6.07) is 5.17. The van der Waals surface area contributed by atoms with Crippen molar-refractivity contribution in [2.75, 3.05) is 26.8 Å². The van der Waals surface area contributed by atoms with E-state index in [0.29, 0.717) is 45.2 Å². The Kier molecular flexibility index (Phi) is 24.3. The first-order chi connectivity index (χ1) is 23.4. The van der Waals surface area contributed by atoms with Gasteiger partial charge < -0.3 is 40.3 Å². The van der Waals surface area contributed by atoms with Gasteiger partial charge in [-0.1, -0.05) is 41.4 Å². The molecule has 0 aliphatic heterocycles. The maximum Gasteiger partial charge on any atom is 0.329 e. The summed E-state index contributed by atoms with van der Waals surface area (Å²) in [5.41, 5.74) is 5.16. The van der Waals surface area contributed by atoms with Crippen molar-refractivity contribution in [3.05, 3.63) is 34.3 Å². The van der Waals surface area contributed by atoms with E-state index in [1.165, 1.54) is 0 Å². The van der Waals surface area contributed by atoms with Gasteiger partial charge in [-0.25, -0.2) is 9.59 Å². The average Bonchev–Trinajstić information content (AvgIpc) is 3.02. The highest BCUT2D eigenvalue weighted by molar-refractivity contribution is 9.10. The lowest BCUT2D eigenvalue weighted by Crippen LogP contribution is -2.51. The molecular formula is C37H63BrN4O8. The first-order valence-electron chi connectivity index (χ1n) is 17.6. The van der Waals surface area contributed by atoms with Crippen LogP contribution in [0.3, 0.4) is 0 Å². The highest BCUT2D eigenvalue weighted by atomic mass is 79.9. The van der Waals surface area contributed by atoms with Gasteiger partial charge in [-0.15, -0.1) is 0 Å². The number of hydrogen-bond acceptors (Lipinski definition) is 9. The molecule has 0 saturated heterocycles. The van der Waals surface area contributed by atoms with E-state index < -0.39 is 41.3 Å². The molecule has 2 unspecified atom stereocenters. The highest BCUT2D eigenvalue weighted by Gasteiger charge is 2.28. The topological polar surface area (TPSA) is 166 Å². The van der Waals surface area contributed by atoms with Crippen molar-refractivity contribution in [2.45, 2.75) is 143 Å². The maximum absolute atomic E-state index is 13.1. The molecule has 0 heterocycles. The number of nitrogens with one attached hydrogen (secondary N) is 2. The van der Waals surface area contributed by atoms with Crippen molar-refractivity contribution >= 4 is 46.1 Å². The molecule has 13 heteroatoms. The molecule has 1 aromatic rings. The number of esters is 2. The molecule has 0 aromatic heterocycles. The molecule has 0 bridgehead atoms. The summed E-state index contributed by atoms with van der Waals surface area (Å²) in [6.45, 7) is 15.0. The van der Waals surface area contributed by atoms with E-state index >= 15 is 0 Å². The van der Waals surface area contributed by atoms with Gasteiger partial charge in [0.05, 0.1) is 6.04 Å². The van der Waals surface area contributed by atoms with Crippen LogP contribution in [-0.2, 0) is 39.9 Å². The van der Waals surface area contributed by atoms with Gasteiger partial charge in [0.2, 0.25) is 5.91 Å². The minimum atomic E-state index is -0.978. The third-order valence-corrected chi connectivity index (χ3v) is 7.40. The van der Waals surface area contributed by atoms with E-state index in [2.05, 4.69) is 33.5 Å². The lowest BCUT2D eigenvalue weighted by Gasteiger charge is -2.26. The first-order valence-corrected chi connectivity index (χ1v) is 18.4. The fraction of sp³-hybridized carbons (Fsp3) is 0.703. The molecule has 0 radical (unpaired) electrons. The summed E-state index contributed by atoms with van der Waals surface area (Å²) >= 11 is 3.44. The van der Waals surface area contributed by atoms with E-state index in [4.69, 9.17) is 19.9 Å². The van der Waals surface area contributed by atoms with Gasteiger partial charge in [0.15, 0.2) is 0 Å². The number of amides is 3. The van der Waals surface area contributed by atoms with Gasteiger partial charge in [0.1, 0.15) is 23.5 Å². The predicted octanol–water partition coefficient (Wildman–Crippen LogP) is 6.21. The van der Waals surface area contributed by atoms with E-state index in [-0.39, 0.29) is 25.2 Å². The fourth-order valence-electron chi connectivity index (χ4n) is 4.54. The number of aldehydes is 1. The molecule has 50 heavy (non-hydrogen) atoms. The van der Waals surface area contributed by atoms with Gasteiger partial charge in [-0.2, -0.15) is 0 Å². The molecule has 1 aromatic carbocycles. The van der Waals surface area contributed by atoms with Gasteiger partial charge in [-0.3, -0.25) is 9.59 Å². The van der Waals surface area contributed by atoms with Gasteiger partial charge in [-0.05, 0) is 111 Å². The quantitative estimate of drug-likeness (QED) is 0.0749. The van der Waals surface area contributed by atoms with Crippen molar-refractivity contribution in [3.8, 4) is 0 Å². The molecule has 0 aliphatic carbocycles. The Hall–Kier alpha value is -3.03. The zero-order chi connectivity index (χ0) is 38.2. The summed E-state index contributed by atoms with van der Waals surface area (Å²) in [5.74, 6) is -1.02. The SMILES string of the molecule is CC(C)(C)OC(=O)CCC(C=O)NC(=O)NC(CCCCN(Cc1ccc(Br)cc1)C(=O)CCCCCN)C(=O)OC(C)(C)C.CCCOC. The van der Waals surface area contributed by atoms with Gasteiger partial charge in [0, 0.05) is 44.1 Å². The molecule has 286 valence electrons. The molecule has 0 aliphatic rings. The lowest BCUT2D eigenvalue weighted by atomic mass is 10.1. The van der Waals surface area contributed by atoms with Crippen LogP contribution in [0.5, 0.6) is 0 Å². The fourth-order valence-corrected chi connectivity index (χ4v) is 4.81. The monoisotopic (exact) mass is 770 g/mol. The second-order valence-corrected chi connectivity index (χ2v) is 15.0. The Morgan fingerprint density at radius 1 is 0.880 bits per heavy atom. The molecule has 4 N–H and O–H groups in total. The maximum atomic E-state index is 13.1. The number of rotatable bonds is 21. The van der Waals surface area contributed by atoms with Crippen LogP contribution in [0.4, 0.5) is 4.79 Å². The molecule has 2 atom stereocenters. The molecule has 3 amide bonds. The predicted molar refractivity (Wildman–Crippen MR) is 199 cm³/mol. The van der Waals surface area contributed by atoms with Gasteiger partial charge in [0.25, 0.3) is 0 Å². The zero-order valence-corrected chi connectivity index (χ0v) is 33.2. The average molecular weight is 772 g/mol. The Morgan fingerprint density at radius 2 is 1.52 bits per heavy atom.